The van der Waals surface area contributed by atoms with Gasteiger partial charge in [0.2, 0.25) is 5.91 Å². The van der Waals surface area contributed by atoms with Gasteiger partial charge in [-0.1, -0.05) is 6.61 Å². The van der Waals surface area contributed by atoms with Gasteiger partial charge >= 0.3 is 5.97 Å². The Hall–Kier alpha value is -2.82. The quantitative estimate of drug-likeness (QED) is 0.214. The first-order chi connectivity index (χ1) is 13.8. The zero-order valence-corrected chi connectivity index (χ0v) is 24.1. The van der Waals surface area contributed by atoms with Gasteiger partial charge in [-0.25, -0.2) is 17.2 Å². The van der Waals surface area contributed by atoms with E-state index in [4.69, 9.17) is 4.74 Å². The molecular formula is C18H21F2NO8RfS-2. The zero-order valence-electron chi connectivity index (χ0n) is 16.9. The van der Waals surface area contributed by atoms with Crippen LogP contribution in [-0.4, -0.2) is 59.2 Å². The first-order valence-corrected chi connectivity index (χ1v) is 11.2. The number of carbonyl (C=O) groups is 3. The van der Waals surface area contributed by atoms with Crippen molar-refractivity contribution >= 4 is 28.0 Å². The van der Waals surface area contributed by atoms with Gasteiger partial charge in [0.25, 0.3) is 11.2 Å². The van der Waals surface area contributed by atoms with Crippen LogP contribution in [0.25, 0.3) is 0 Å². The summed E-state index contributed by atoms with van der Waals surface area (Å²) in [5.74, 6) is -5.10. The second-order valence-corrected chi connectivity index (χ2v) is 10.1. The minimum Gasteiger partial charge on any atom is -0.746 e. The van der Waals surface area contributed by atoms with E-state index in [9.17, 15) is 36.1 Å². The Morgan fingerprint density at radius 1 is 1.23 bits per heavy atom. The van der Waals surface area contributed by atoms with Crippen LogP contribution in [0.3, 0.4) is 0 Å². The molecule has 3 saturated carbocycles. The molecule has 31 heavy (non-hydrogen) atoms. The molecule has 0 N–H and O–H groups in total. The molecule has 1 heterocycles. The monoisotopic (exact) mass is 716 g/mol. The van der Waals surface area contributed by atoms with Crippen LogP contribution in [0, 0.1) is 36.2 Å². The number of likely N-dealkylation sites (tertiary alicyclic amines) is 1. The molecule has 0 spiro atoms. The SMILES string of the molecule is CC(C)N1C(=O)C2C3CC(C(OC(=O)C4CC4)C31)C2C(=O)O[CH-]C(F)(F)S(=O)(=O)[O-].[Rf]. The average Bonchev–Trinajstić information content (AvgIpc) is 3.28. The van der Waals surface area contributed by atoms with Gasteiger partial charge in [-0.3, -0.25) is 14.4 Å². The molecule has 6 unspecified atom stereocenters. The number of ether oxygens (including phenoxy) is 2. The molecule has 9 nitrogen and oxygen atoms in total. The number of amides is 1. The summed E-state index contributed by atoms with van der Waals surface area (Å²) in [5, 5.41) is -4.90. The van der Waals surface area contributed by atoms with Gasteiger partial charge in [-0.15, -0.1) is 0 Å². The molecule has 2 bridgehead atoms. The van der Waals surface area contributed by atoms with Crippen molar-refractivity contribution in [3.8, 4) is 0 Å². The minimum absolute atomic E-state index is 0. The molecule has 13 heteroatoms. The van der Waals surface area contributed by atoms with Crippen molar-refractivity contribution in [1.82, 2.24) is 4.90 Å². The maximum absolute atomic E-state index is 13.4. The van der Waals surface area contributed by atoms with Crippen molar-refractivity contribution in [2.75, 3.05) is 0 Å². The van der Waals surface area contributed by atoms with Crippen LogP contribution in [0.5, 0.6) is 0 Å². The van der Waals surface area contributed by atoms with E-state index >= 15 is 0 Å². The van der Waals surface area contributed by atoms with Gasteiger partial charge in [-0.05, 0) is 39.0 Å². The van der Waals surface area contributed by atoms with Crippen molar-refractivity contribution in [2.45, 2.75) is 56.6 Å². The van der Waals surface area contributed by atoms with E-state index in [1.165, 1.54) is 0 Å². The molecule has 3 aliphatic carbocycles. The van der Waals surface area contributed by atoms with E-state index in [1.54, 1.807) is 18.7 Å². The standard InChI is InChI=1S/C18H22F2NO8S.Rf/c1-7(2)21-13-9-5-10(14(13)29-16(23)8-3-4-8)12(11(9)15(21)22)17(24)28-6-18(19,20)30(25,26)27;/h6-14H,3-5H2,1-2H3,(H,25,26,27);/q-1;/p-1. The Bertz CT molecular complexity index is 893. The van der Waals surface area contributed by atoms with E-state index in [2.05, 4.69) is 4.74 Å². The molecule has 0 radical (unpaired) electrons. The molecule has 6 atom stereocenters. The van der Waals surface area contributed by atoms with Crippen LogP contribution in [0.15, 0.2) is 0 Å². The maximum atomic E-state index is 13.4. The molecule has 4 rings (SSSR count). The van der Waals surface area contributed by atoms with Crippen molar-refractivity contribution < 1.29 is 45.6 Å². The number of fused-ring (bicyclic) bond motifs is 1. The van der Waals surface area contributed by atoms with Crippen LogP contribution in [0.1, 0.15) is 33.1 Å². The zero-order chi connectivity index (χ0) is 22.2. The van der Waals surface area contributed by atoms with Gasteiger partial charge in [-0.2, -0.15) is 0 Å². The normalized spacial score (nSPS) is 34.1. The molecule has 1 saturated heterocycles. The number of halogens is 2. The molecule has 4 aliphatic rings. The summed E-state index contributed by atoms with van der Waals surface area (Å²) in [6.07, 6.45) is 1.02. The van der Waals surface area contributed by atoms with Crippen LogP contribution in [-0.2, 0) is 34.0 Å². The molecule has 0 aromatic carbocycles. The summed E-state index contributed by atoms with van der Waals surface area (Å²) in [6, 6.07) is -0.626. The van der Waals surface area contributed by atoms with Gasteiger partial charge in [0.1, 0.15) is 16.2 Å². The van der Waals surface area contributed by atoms with E-state index in [0.29, 0.717) is 19.3 Å². The Kier molecular flexibility index (Phi) is 5.24. The summed E-state index contributed by atoms with van der Waals surface area (Å²) in [5.41, 5.74) is 0. The van der Waals surface area contributed by atoms with Crippen LogP contribution >= 0.6 is 0 Å². The topological polar surface area (TPSA) is 130 Å². The number of hydrogen-bond donors (Lipinski definition) is 0. The molecule has 1 aliphatic heterocycles. The molecular weight excluding hydrogens is 695 g/mol. The van der Waals surface area contributed by atoms with Gasteiger partial charge < -0.3 is 18.9 Å². The molecule has 0 aromatic rings. The predicted octanol–water partition coefficient (Wildman–Crippen LogP) is 0.652. The third-order valence-corrected chi connectivity index (χ3v) is 7.31. The van der Waals surface area contributed by atoms with E-state index < -0.39 is 63.8 Å². The Balaban J connectivity index is 0.00000272. The summed E-state index contributed by atoms with van der Waals surface area (Å²) >= 11 is 0. The van der Waals surface area contributed by atoms with Crippen molar-refractivity contribution in [3.05, 3.63) is 6.61 Å². The van der Waals surface area contributed by atoms with Gasteiger partial charge in [0.05, 0.1) is 23.8 Å². The maximum Gasteiger partial charge on any atom is 0.309 e. The molecule has 0 aromatic heterocycles. The Morgan fingerprint density at radius 2 is 1.84 bits per heavy atom. The number of carbonyl (C=O) groups excluding carboxylic acids is 3. The van der Waals surface area contributed by atoms with Gasteiger partial charge in [0, 0.05) is 12.0 Å². The largest absolute Gasteiger partial charge is 0.746 e. The smallest absolute Gasteiger partial charge is 0.309 e. The number of esters is 2. The second kappa shape index (κ2) is 7.11. The number of nitrogens with zero attached hydrogens (tertiary/aromatic N) is 1. The van der Waals surface area contributed by atoms with Crippen molar-refractivity contribution in [3.63, 3.8) is 0 Å². The Labute approximate surface area is 171 Å². The minimum atomic E-state index is -6.06. The Morgan fingerprint density at radius 3 is 2.35 bits per heavy atom. The fourth-order valence-electron chi connectivity index (χ4n) is 5.24. The molecule has 170 valence electrons. The van der Waals surface area contributed by atoms with Crippen LogP contribution in [0.2, 0.25) is 0 Å². The molecule has 4 fully saturated rings. The summed E-state index contributed by atoms with van der Waals surface area (Å²) in [7, 11) is -6.06. The third-order valence-electron chi connectivity index (χ3n) is 6.55. The van der Waals surface area contributed by atoms with Gasteiger partial charge in [0.15, 0.2) is 0 Å². The van der Waals surface area contributed by atoms with Crippen molar-refractivity contribution in [2.24, 2.45) is 29.6 Å². The summed E-state index contributed by atoms with van der Waals surface area (Å²) < 4.78 is 68.6. The van der Waals surface area contributed by atoms with E-state index in [0.717, 1.165) is 0 Å². The molecule has 1 amide bonds. The predicted molar refractivity (Wildman–Crippen MR) is 92.0 cm³/mol. The fraction of sp³-hybridized carbons (Fsp3) is 0.778. The van der Waals surface area contributed by atoms with E-state index in [-0.39, 0.29) is 23.8 Å². The van der Waals surface area contributed by atoms with Crippen molar-refractivity contribution in [1.29, 1.82) is 0 Å². The number of alkyl halides is 2. The van der Waals surface area contributed by atoms with E-state index in [1.807, 2.05) is 0 Å². The third kappa shape index (κ3) is 3.40. The first kappa shape index (κ1) is 22.9. The fourth-order valence-corrected chi connectivity index (χ4v) is 5.40. The number of hydrogen-bond acceptors (Lipinski definition) is 8. The average molecular weight is 716 g/mol. The number of rotatable bonds is 7. The second-order valence-electron chi connectivity index (χ2n) is 8.69. The van der Waals surface area contributed by atoms with Crippen LogP contribution in [0.4, 0.5) is 8.78 Å². The van der Waals surface area contributed by atoms with Crippen LogP contribution < -0.4 is 0 Å². The first-order valence-electron chi connectivity index (χ1n) is 9.76. The summed E-state index contributed by atoms with van der Waals surface area (Å²) in [4.78, 5) is 39.4. The summed E-state index contributed by atoms with van der Waals surface area (Å²) in [6.45, 7) is 2.97.